The first-order valence-electron chi connectivity index (χ1n) is 6.09. The maximum atomic E-state index is 12.1. The van der Waals surface area contributed by atoms with Crippen molar-refractivity contribution in [2.75, 3.05) is 0 Å². The first kappa shape index (κ1) is 16.6. The third kappa shape index (κ3) is 4.25. The van der Waals surface area contributed by atoms with Gasteiger partial charge in [0.15, 0.2) is 0 Å². The molecule has 0 aliphatic heterocycles. The fraction of sp³-hybridized carbons (Fsp3) is 0.462. The summed E-state index contributed by atoms with van der Waals surface area (Å²) in [7, 11) is 0. The van der Waals surface area contributed by atoms with Crippen molar-refractivity contribution in [1.29, 1.82) is 0 Å². The van der Waals surface area contributed by atoms with Gasteiger partial charge in [0, 0.05) is 17.6 Å². The van der Waals surface area contributed by atoms with Crippen molar-refractivity contribution in [2.24, 2.45) is 5.73 Å². The summed E-state index contributed by atoms with van der Waals surface area (Å²) >= 11 is 11.7. The molecule has 2 rings (SSSR count). The number of hydrogen-bond acceptors (Lipinski definition) is 2. The van der Waals surface area contributed by atoms with Crippen molar-refractivity contribution >= 4 is 41.5 Å². The molecule has 0 radical (unpaired) electrons. The minimum Gasteiger partial charge on any atom is -0.348 e. The van der Waals surface area contributed by atoms with E-state index in [0.717, 1.165) is 25.7 Å². The van der Waals surface area contributed by atoms with Crippen LogP contribution in [-0.4, -0.2) is 18.0 Å². The summed E-state index contributed by atoms with van der Waals surface area (Å²) in [6, 6.07) is 4.97. The first-order valence-corrected chi connectivity index (χ1v) is 6.85. The van der Waals surface area contributed by atoms with Gasteiger partial charge in [0.2, 0.25) is 0 Å². The van der Waals surface area contributed by atoms with Crippen LogP contribution in [0.3, 0.4) is 0 Å². The Bertz CT molecular complexity index is 454. The van der Waals surface area contributed by atoms with Crippen molar-refractivity contribution in [3.05, 3.63) is 33.8 Å². The van der Waals surface area contributed by atoms with E-state index in [1.165, 1.54) is 0 Å². The lowest BCUT2D eigenvalue weighted by Gasteiger charge is -2.29. The van der Waals surface area contributed by atoms with Gasteiger partial charge in [-0.05, 0) is 31.0 Å². The van der Waals surface area contributed by atoms with Gasteiger partial charge < -0.3 is 11.1 Å². The lowest BCUT2D eigenvalue weighted by molar-refractivity contribution is 0.0921. The van der Waals surface area contributed by atoms with Crippen molar-refractivity contribution in [2.45, 2.75) is 37.8 Å². The quantitative estimate of drug-likeness (QED) is 0.876. The van der Waals surface area contributed by atoms with Crippen LogP contribution in [0.15, 0.2) is 18.2 Å². The largest absolute Gasteiger partial charge is 0.348 e. The molecule has 0 bridgehead atoms. The molecule has 0 saturated heterocycles. The summed E-state index contributed by atoms with van der Waals surface area (Å²) in [5, 5.41) is 3.80. The summed E-state index contributed by atoms with van der Waals surface area (Å²) in [4.78, 5) is 12.1. The Kier molecular flexibility index (Phi) is 6.40. The van der Waals surface area contributed by atoms with Gasteiger partial charge >= 0.3 is 0 Å². The predicted octanol–water partition coefficient (Wildman–Crippen LogP) is 3.41. The van der Waals surface area contributed by atoms with Crippen LogP contribution in [0.4, 0.5) is 0 Å². The smallest absolute Gasteiger partial charge is 0.251 e. The first-order chi connectivity index (χ1) is 8.58. The highest BCUT2D eigenvalue weighted by molar-refractivity contribution is 6.42. The number of carbonyl (C=O) groups excluding carboxylic acids is 1. The number of nitrogens with one attached hydrogen (secondary N) is 1. The van der Waals surface area contributed by atoms with Crippen LogP contribution >= 0.6 is 35.6 Å². The van der Waals surface area contributed by atoms with E-state index in [9.17, 15) is 4.79 Å². The molecule has 1 saturated carbocycles. The number of nitrogens with two attached hydrogens (primary N) is 1. The minimum absolute atomic E-state index is 0. The van der Waals surface area contributed by atoms with Crippen LogP contribution in [-0.2, 0) is 0 Å². The molecule has 0 heterocycles. The van der Waals surface area contributed by atoms with E-state index >= 15 is 0 Å². The second kappa shape index (κ2) is 7.34. The Morgan fingerprint density at radius 3 is 2.53 bits per heavy atom. The Labute approximate surface area is 129 Å². The second-order valence-corrected chi connectivity index (χ2v) is 5.47. The van der Waals surface area contributed by atoms with Gasteiger partial charge in [-0.2, -0.15) is 0 Å². The molecule has 1 aromatic rings. The molecule has 1 aliphatic rings. The lowest BCUT2D eigenvalue weighted by Crippen LogP contribution is -2.49. The van der Waals surface area contributed by atoms with E-state index in [2.05, 4.69) is 5.32 Å². The average molecular weight is 324 g/mol. The van der Waals surface area contributed by atoms with Gasteiger partial charge in [-0.1, -0.05) is 36.0 Å². The van der Waals surface area contributed by atoms with E-state index < -0.39 is 0 Å². The zero-order chi connectivity index (χ0) is 13.1. The van der Waals surface area contributed by atoms with Gasteiger partial charge in [-0.3, -0.25) is 4.79 Å². The average Bonchev–Trinajstić information content (AvgIpc) is 2.35. The number of rotatable bonds is 2. The van der Waals surface area contributed by atoms with Crippen LogP contribution in [0.1, 0.15) is 36.0 Å². The number of amides is 1. The third-order valence-electron chi connectivity index (χ3n) is 3.32. The highest BCUT2D eigenvalue weighted by Gasteiger charge is 2.23. The summed E-state index contributed by atoms with van der Waals surface area (Å²) < 4.78 is 0. The van der Waals surface area contributed by atoms with Crippen molar-refractivity contribution in [3.63, 3.8) is 0 Å². The Balaban J connectivity index is 0.00000180. The Morgan fingerprint density at radius 1 is 1.21 bits per heavy atom. The van der Waals surface area contributed by atoms with Crippen LogP contribution in [0, 0.1) is 0 Å². The fourth-order valence-electron chi connectivity index (χ4n) is 2.23. The maximum absolute atomic E-state index is 12.1. The van der Waals surface area contributed by atoms with E-state index in [1.807, 2.05) is 0 Å². The maximum Gasteiger partial charge on any atom is 0.251 e. The molecule has 1 amide bonds. The molecular formula is C13H17Cl3N2O. The molecular weight excluding hydrogens is 307 g/mol. The van der Waals surface area contributed by atoms with Crippen LogP contribution < -0.4 is 11.1 Å². The standard InChI is InChI=1S/C13H16Cl2N2O.ClH/c14-9-6-5-8(7-10(9)15)13(18)17-12-4-2-1-3-11(12)16;/h5-7,11-12H,1-4,16H2,(H,17,18);1H. The summed E-state index contributed by atoms with van der Waals surface area (Å²) in [6.07, 6.45) is 4.15. The molecule has 0 aromatic heterocycles. The molecule has 1 fully saturated rings. The molecule has 3 N–H and O–H groups in total. The van der Waals surface area contributed by atoms with Crippen LogP contribution in [0.25, 0.3) is 0 Å². The molecule has 1 aliphatic carbocycles. The van der Waals surface area contributed by atoms with Crippen molar-refractivity contribution in [1.82, 2.24) is 5.32 Å². The third-order valence-corrected chi connectivity index (χ3v) is 4.06. The molecule has 1 aromatic carbocycles. The molecule has 19 heavy (non-hydrogen) atoms. The lowest BCUT2D eigenvalue weighted by atomic mass is 9.91. The van der Waals surface area contributed by atoms with Crippen molar-refractivity contribution in [3.8, 4) is 0 Å². The highest BCUT2D eigenvalue weighted by Crippen LogP contribution is 2.23. The van der Waals surface area contributed by atoms with Gasteiger partial charge in [0.05, 0.1) is 10.0 Å². The number of carbonyl (C=O) groups is 1. The topological polar surface area (TPSA) is 55.1 Å². The van der Waals surface area contributed by atoms with E-state index in [0.29, 0.717) is 15.6 Å². The monoisotopic (exact) mass is 322 g/mol. The van der Waals surface area contributed by atoms with Gasteiger partial charge in [0.1, 0.15) is 0 Å². The van der Waals surface area contributed by atoms with E-state index in [4.69, 9.17) is 28.9 Å². The van der Waals surface area contributed by atoms with Gasteiger partial charge in [-0.25, -0.2) is 0 Å². The zero-order valence-electron chi connectivity index (χ0n) is 10.4. The molecule has 6 heteroatoms. The minimum atomic E-state index is -0.143. The van der Waals surface area contributed by atoms with Gasteiger partial charge in [0.25, 0.3) is 5.91 Å². The van der Waals surface area contributed by atoms with Crippen LogP contribution in [0.5, 0.6) is 0 Å². The highest BCUT2D eigenvalue weighted by atomic mass is 35.5. The molecule has 3 nitrogen and oxygen atoms in total. The Morgan fingerprint density at radius 2 is 1.89 bits per heavy atom. The fourth-order valence-corrected chi connectivity index (χ4v) is 2.53. The molecule has 0 spiro atoms. The van der Waals surface area contributed by atoms with Crippen molar-refractivity contribution < 1.29 is 4.79 Å². The zero-order valence-corrected chi connectivity index (χ0v) is 12.7. The Hall–Kier alpha value is -0.480. The summed E-state index contributed by atoms with van der Waals surface area (Å²) in [5.74, 6) is -0.143. The molecule has 106 valence electrons. The summed E-state index contributed by atoms with van der Waals surface area (Å²) in [6.45, 7) is 0. The number of benzene rings is 1. The second-order valence-electron chi connectivity index (χ2n) is 4.66. The predicted molar refractivity (Wildman–Crippen MR) is 81.4 cm³/mol. The van der Waals surface area contributed by atoms with E-state index in [-0.39, 0.29) is 30.4 Å². The number of halogens is 3. The van der Waals surface area contributed by atoms with E-state index in [1.54, 1.807) is 18.2 Å². The van der Waals surface area contributed by atoms with Gasteiger partial charge in [-0.15, -0.1) is 12.4 Å². The molecule has 2 atom stereocenters. The number of hydrogen-bond donors (Lipinski definition) is 2. The normalized spacial score (nSPS) is 22.5. The SMILES string of the molecule is Cl.NC1CCCCC1NC(=O)c1ccc(Cl)c(Cl)c1. The summed E-state index contributed by atoms with van der Waals surface area (Å²) in [5.41, 5.74) is 6.51. The molecule has 2 unspecified atom stereocenters. The van der Waals surface area contributed by atoms with Crippen LogP contribution in [0.2, 0.25) is 10.0 Å².